The van der Waals surface area contributed by atoms with Crippen molar-refractivity contribution >= 4 is 34.5 Å². The van der Waals surface area contributed by atoms with E-state index >= 15 is 0 Å². The lowest BCUT2D eigenvalue weighted by Gasteiger charge is -2.37. The van der Waals surface area contributed by atoms with Gasteiger partial charge in [0.15, 0.2) is 17.1 Å². The first kappa shape index (κ1) is 19.0. The SMILES string of the molecule is Cn1cc(Nc2ncc(C3CN(c4nc5ccc(CO)cc5o4)C3)nc2C(N)=O)cn1. The van der Waals surface area contributed by atoms with Gasteiger partial charge in [0, 0.05) is 32.3 Å². The minimum absolute atomic E-state index is 0.0513. The first-order chi connectivity index (χ1) is 15.0. The minimum Gasteiger partial charge on any atom is -0.423 e. The molecular formula is C20H20N8O3. The number of primary amides is 1. The van der Waals surface area contributed by atoms with Crippen molar-refractivity contribution in [1.29, 1.82) is 0 Å². The number of aryl methyl sites for hydroxylation is 1. The molecule has 0 bridgehead atoms. The summed E-state index contributed by atoms with van der Waals surface area (Å²) >= 11 is 0. The van der Waals surface area contributed by atoms with Crippen molar-refractivity contribution in [3.05, 3.63) is 53.7 Å². The van der Waals surface area contributed by atoms with Crippen LogP contribution in [-0.4, -0.2) is 48.8 Å². The summed E-state index contributed by atoms with van der Waals surface area (Å²) in [5, 5.41) is 16.4. The molecule has 0 radical (unpaired) electrons. The number of nitrogens with two attached hydrogens (primary N) is 1. The summed E-state index contributed by atoms with van der Waals surface area (Å²) in [6.45, 7) is 1.20. The van der Waals surface area contributed by atoms with Crippen molar-refractivity contribution in [1.82, 2.24) is 24.7 Å². The largest absolute Gasteiger partial charge is 0.423 e. The van der Waals surface area contributed by atoms with E-state index in [2.05, 4.69) is 25.4 Å². The molecule has 1 aromatic carbocycles. The Labute approximate surface area is 176 Å². The number of nitrogens with one attached hydrogen (secondary N) is 1. The van der Waals surface area contributed by atoms with E-state index in [0.717, 1.165) is 11.1 Å². The van der Waals surface area contributed by atoms with Gasteiger partial charge in [-0.1, -0.05) is 6.07 Å². The number of aromatic nitrogens is 5. The molecule has 1 amide bonds. The average molecular weight is 420 g/mol. The Bertz CT molecular complexity index is 1270. The molecule has 4 heterocycles. The Hall–Kier alpha value is -3.99. The number of oxazole rings is 1. The molecule has 1 saturated heterocycles. The lowest BCUT2D eigenvalue weighted by molar-refractivity contribution is 0.0995. The molecule has 0 aliphatic carbocycles. The van der Waals surface area contributed by atoms with Gasteiger partial charge in [-0.25, -0.2) is 9.97 Å². The molecule has 1 aliphatic heterocycles. The zero-order valence-electron chi connectivity index (χ0n) is 16.7. The third-order valence-electron chi connectivity index (χ3n) is 5.19. The van der Waals surface area contributed by atoms with Crippen LogP contribution in [0.4, 0.5) is 17.5 Å². The monoisotopic (exact) mass is 420 g/mol. The zero-order chi connectivity index (χ0) is 21.5. The fraction of sp³-hybridized carbons (Fsp3) is 0.250. The molecule has 3 aromatic heterocycles. The van der Waals surface area contributed by atoms with Gasteiger partial charge < -0.3 is 25.5 Å². The second kappa shape index (κ2) is 7.36. The lowest BCUT2D eigenvalue weighted by atomic mass is 9.97. The molecule has 158 valence electrons. The predicted molar refractivity (Wildman–Crippen MR) is 112 cm³/mol. The van der Waals surface area contributed by atoms with Crippen molar-refractivity contribution in [2.75, 3.05) is 23.3 Å². The Kier molecular flexibility index (Phi) is 4.51. The van der Waals surface area contributed by atoms with E-state index in [1.54, 1.807) is 36.4 Å². The van der Waals surface area contributed by atoms with Crippen LogP contribution in [0.1, 0.15) is 27.7 Å². The summed E-state index contributed by atoms with van der Waals surface area (Å²) in [5.74, 6) is -0.296. The van der Waals surface area contributed by atoms with Crippen LogP contribution in [-0.2, 0) is 13.7 Å². The number of fused-ring (bicyclic) bond motifs is 1. The maximum Gasteiger partial charge on any atom is 0.298 e. The number of aliphatic hydroxyl groups is 1. The second-order valence-electron chi connectivity index (χ2n) is 7.44. The molecule has 4 aromatic rings. The predicted octanol–water partition coefficient (Wildman–Crippen LogP) is 1.29. The Morgan fingerprint density at radius 2 is 2.16 bits per heavy atom. The quantitative estimate of drug-likeness (QED) is 0.419. The highest BCUT2D eigenvalue weighted by atomic mass is 16.4. The van der Waals surface area contributed by atoms with Gasteiger partial charge in [-0.15, -0.1) is 0 Å². The fourth-order valence-corrected chi connectivity index (χ4v) is 3.50. The van der Waals surface area contributed by atoms with Crippen LogP contribution in [0.25, 0.3) is 11.1 Å². The third-order valence-corrected chi connectivity index (χ3v) is 5.19. The number of amides is 1. The smallest absolute Gasteiger partial charge is 0.298 e. The summed E-state index contributed by atoms with van der Waals surface area (Å²) in [6.07, 6.45) is 5.02. The van der Waals surface area contributed by atoms with E-state index in [-0.39, 0.29) is 18.2 Å². The minimum atomic E-state index is -0.657. The van der Waals surface area contributed by atoms with Gasteiger partial charge in [0.2, 0.25) is 0 Å². The Morgan fingerprint density at radius 1 is 1.32 bits per heavy atom. The van der Waals surface area contributed by atoms with Crippen LogP contribution >= 0.6 is 0 Å². The number of hydrogen-bond acceptors (Lipinski definition) is 9. The Morgan fingerprint density at radius 3 is 2.87 bits per heavy atom. The molecule has 0 unspecified atom stereocenters. The Balaban J connectivity index is 1.32. The van der Waals surface area contributed by atoms with Gasteiger partial charge in [-0.05, 0) is 17.7 Å². The maximum absolute atomic E-state index is 11.9. The van der Waals surface area contributed by atoms with Gasteiger partial charge in [0.25, 0.3) is 11.9 Å². The molecule has 1 fully saturated rings. The van der Waals surface area contributed by atoms with E-state index in [0.29, 0.717) is 41.9 Å². The van der Waals surface area contributed by atoms with Crippen LogP contribution in [0.2, 0.25) is 0 Å². The number of anilines is 3. The van der Waals surface area contributed by atoms with Crippen molar-refractivity contribution in [3.8, 4) is 0 Å². The van der Waals surface area contributed by atoms with E-state index in [4.69, 9.17) is 10.2 Å². The number of carbonyl (C=O) groups is 1. The normalized spacial score (nSPS) is 14.1. The molecule has 31 heavy (non-hydrogen) atoms. The van der Waals surface area contributed by atoms with Gasteiger partial charge in [0.1, 0.15) is 5.52 Å². The topological polar surface area (TPSA) is 148 Å². The van der Waals surface area contributed by atoms with Crippen LogP contribution in [0.3, 0.4) is 0 Å². The molecular weight excluding hydrogens is 400 g/mol. The highest BCUT2D eigenvalue weighted by Gasteiger charge is 2.33. The number of carbonyl (C=O) groups excluding carboxylic acids is 1. The fourth-order valence-electron chi connectivity index (χ4n) is 3.50. The summed E-state index contributed by atoms with van der Waals surface area (Å²) in [7, 11) is 1.79. The van der Waals surface area contributed by atoms with E-state index in [1.165, 1.54) is 0 Å². The number of rotatable bonds is 6. The molecule has 0 atom stereocenters. The second-order valence-corrected chi connectivity index (χ2v) is 7.44. The molecule has 11 heteroatoms. The van der Waals surface area contributed by atoms with E-state index in [1.807, 2.05) is 17.0 Å². The molecule has 5 rings (SSSR count). The van der Waals surface area contributed by atoms with Gasteiger partial charge in [-0.3, -0.25) is 9.48 Å². The first-order valence-electron chi connectivity index (χ1n) is 9.68. The number of nitrogens with zero attached hydrogens (tertiary/aromatic N) is 6. The summed E-state index contributed by atoms with van der Waals surface area (Å²) in [6, 6.07) is 5.93. The van der Waals surface area contributed by atoms with Gasteiger partial charge >= 0.3 is 0 Å². The lowest BCUT2D eigenvalue weighted by Crippen LogP contribution is -2.45. The highest BCUT2D eigenvalue weighted by Crippen LogP contribution is 2.33. The van der Waals surface area contributed by atoms with Crippen LogP contribution < -0.4 is 16.0 Å². The number of hydrogen-bond donors (Lipinski definition) is 3. The number of benzene rings is 1. The van der Waals surface area contributed by atoms with Crippen molar-refractivity contribution < 1.29 is 14.3 Å². The van der Waals surface area contributed by atoms with E-state index < -0.39 is 5.91 Å². The van der Waals surface area contributed by atoms with Crippen molar-refractivity contribution in [2.45, 2.75) is 12.5 Å². The average Bonchev–Trinajstić information content (AvgIpc) is 3.32. The molecule has 0 spiro atoms. The van der Waals surface area contributed by atoms with Crippen LogP contribution in [0.5, 0.6) is 0 Å². The van der Waals surface area contributed by atoms with Crippen LogP contribution in [0.15, 0.2) is 41.2 Å². The third kappa shape index (κ3) is 3.55. The summed E-state index contributed by atoms with van der Waals surface area (Å²) in [4.78, 5) is 27.2. The zero-order valence-corrected chi connectivity index (χ0v) is 16.7. The molecule has 0 saturated carbocycles. The van der Waals surface area contributed by atoms with E-state index in [9.17, 15) is 9.90 Å². The summed E-state index contributed by atoms with van der Waals surface area (Å²) < 4.78 is 7.46. The highest BCUT2D eigenvalue weighted by molar-refractivity contribution is 5.96. The van der Waals surface area contributed by atoms with Crippen LogP contribution in [0, 0.1) is 0 Å². The molecule has 1 aliphatic rings. The maximum atomic E-state index is 11.9. The number of aliphatic hydroxyl groups excluding tert-OH is 1. The first-order valence-corrected chi connectivity index (χ1v) is 9.68. The van der Waals surface area contributed by atoms with Gasteiger partial charge in [0.05, 0.1) is 30.4 Å². The standard InChI is InChI=1S/C20H20N8O3/c1-27-9-13(5-23-27)24-19-17(18(21)30)25-15(6-22-19)12-7-28(8-12)20-26-14-3-2-11(10-29)4-16(14)31-20/h2-6,9,12,29H,7-8,10H2,1H3,(H2,21,30)(H,22,24). The molecule has 4 N–H and O–H groups in total. The molecule has 11 nitrogen and oxygen atoms in total. The van der Waals surface area contributed by atoms with Crippen molar-refractivity contribution in [3.63, 3.8) is 0 Å². The van der Waals surface area contributed by atoms with Crippen molar-refractivity contribution in [2.24, 2.45) is 12.8 Å². The summed E-state index contributed by atoms with van der Waals surface area (Å²) in [5.41, 5.74) is 9.11. The van der Waals surface area contributed by atoms with Gasteiger partial charge in [-0.2, -0.15) is 10.1 Å².